The lowest BCUT2D eigenvalue weighted by Crippen LogP contribution is -2.48. The molecule has 0 spiro atoms. The topological polar surface area (TPSA) is 69.6 Å². The van der Waals surface area contributed by atoms with Crippen molar-refractivity contribution in [3.63, 3.8) is 0 Å². The molecule has 0 atom stereocenters. The molecule has 2 aromatic rings. The smallest absolute Gasteiger partial charge is 0.274 e. The lowest BCUT2D eigenvalue weighted by Gasteiger charge is -2.34. The third kappa shape index (κ3) is 4.61. The minimum Gasteiger partial charge on any atom is -0.352 e. The van der Waals surface area contributed by atoms with Crippen LogP contribution in [0.4, 0.5) is 5.82 Å². The van der Waals surface area contributed by atoms with Crippen molar-refractivity contribution in [1.29, 1.82) is 0 Å². The number of piperazine rings is 1. The number of amides is 2. The highest BCUT2D eigenvalue weighted by molar-refractivity contribution is 5.92. The largest absolute Gasteiger partial charge is 0.352 e. The second kappa shape index (κ2) is 8.62. The van der Waals surface area contributed by atoms with Gasteiger partial charge in [-0.05, 0) is 24.6 Å². The maximum Gasteiger partial charge on any atom is 0.274 e. The van der Waals surface area contributed by atoms with Crippen molar-refractivity contribution in [3.8, 4) is 0 Å². The average molecular weight is 367 g/mol. The van der Waals surface area contributed by atoms with Gasteiger partial charge in [-0.1, -0.05) is 30.3 Å². The summed E-state index contributed by atoms with van der Waals surface area (Å²) in [6, 6.07) is 13.5. The Hall–Kier alpha value is -2.96. The van der Waals surface area contributed by atoms with Crippen molar-refractivity contribution in [1.82, 2.24) is 20.0 Å². The number of rotatable bonds is 5. The molecule has 0 N–H and O–H groups in total. The Morgan fingerprint density at radius 1 is 1.00 bits per heavy atom. The monoisotopic (exact) mass is 367 g/mol. The molecule has 1 fully saturated rings. The minimum atomic E-state index is -0.123. The molecule has 3 rings (SSSR count). The summed E-state index contributed by atoms with van der Waals surface area (Å²) in [4.78, 5) is 29.8. The Morgan fingerprint density at radius 3 is 2.26 bits per heavy atom. The molecule has 2 amide bonds. The Morgan fingerprint density at radius 2 is 1.70 bits per heavy atom. The van der Waals surface area contributed by atoms with E-state index < -0.39 is 0 Å². The van der Waals surface area contributed by atoms with Crippen molar-refractivity contribution in [3.05, 3.63) is 53.7 Å². The number of aromatic nitrogens is 2. The lowest BCUT2D eigenvalue weighted by atomic mass is 10.2. The van der Waals surface area contributed by atoms with E-state index in [4.69, 9.17) is 0 Å². The maximum absolute atomic E-state index is 12.8. The quantitative estimate of drug-likeness (QED) is 0.806. The first-order valence-electron chi connectivity index (χ1n) is 9.26. The third-order valence-corrected chi connectivity index (χ3v) is 4.80. The van der Waals surface area contributed by atoms with Crippen LogP contribution in [0.5, 0.6) is 0 Å². The molecule has 1 aromatic heterocycles. The Bertz CT molecular complexity index is 771. The van der Waals surface area contributed by atoms with Crippen LogP contribution in [0.15, 0.2) is 42.5 Å². The van der Waals surface area contributed by atoms with Crippen LogP contribution in [0.2, 0.25) is 0 Å². The van der Waals surface area contributed by atoms with Crippen LogP contribution in [0.25, 0.3) is 0 Å². The summed E-state index contributed by atoms with van der Waals surface area (Å²) in [6.45, 7) is 7.49. The number of carbonyl (C=O) groups is 2. The molecule has 7 nitrogen and oxygen atoms in total. The molecule has 1 aromatic carbocycles. The molecule has 0 radical (unpaired) electrons. The van der Waals surface area contributed by atoms with Gasteiger partial charge in [-0.25, -0.2) is 0 Å². The van der Waals surface area contributed by atoms with Crippen LogP contribution in [-0.2, 0) is 11.3 Å². The second-order valence-electron chi connectivity index (χ2n) is 6.57. The summed E-state index contributed by atoms with van der Waals surface area (Å²) in [7, 11) is 0. The van der Waals surface area contributed by atoms with Gasteiger partial charge in [-0.2, -0.15) is 0 Å². The molecular formula is C20H25N5O2. The molecule has 27 heavy (non-hydrogen) atoms. The number of benzene rings is 1. The first-order chi connectivity index (χ1) is 13.1. The SMILES string of the molecule is CCN(Cc1ccccc1)C(=O)c1ccc(N2CCN(C(C)=O)CC2)nn1. The second-order valence-corrected chi connectivity index (χ2v) is 6.57. The van der Waals surface area contributed by atoms with E-state index in [1.165, 1.54) is 0 Å². The standard InChI is InChI=1S/C20H25N5O2/c1-3-23(15-17-7-5-4-6-8-17)20(27)18-9-10-19(22-21-18)25-13-11-24(12-14-25)16(2)26/h4-10H,3,11-15H2,1-2H3. The predicted octanol–water partition coefficient (Wildman–Crippen LogP) is 1.81. The van der Waals surface area contributed by atoms with Gasteiger partial charge in [-0.3, -0.25) is 9.59 Å². The van der Waals surface area contributed by atoms with Gasteiger partial charge in [0.1, 0.15) is 0 Å². The molecule has 0 bridgehead atoms. The molecule has 1 saturated heterocycles. The van der Waals surface area contributed by atoms with E-state index in [0.717, 1.165) is 24.5 Å². The first kappa shape index (κ1) is 18.8. The molecule has 2 heterocycles. The van der Waals surface area contributed by atoms with Crippen molar-refractivity contribution in [2.24, 2.45) is 0 Å². The van der Waals surface area contributed by atoms with E-state index in [1.807, 2.05) is 48.2 Å². The summed E-state index contributed by atoms with van der Waals surface area (Å²) < 4.78 is 0. The van der Waals surface area contributed by atoms with E-state index in [-0.39, 0.29) is 11.8 Å². The zero-order valence-corrected chi connectivity index (χ0v) is 15.8. The van der Waals surface area contributed by atoms with Crippen LogP contribution >= 0.6 is 0 Å². The number of hydrogen-bond acceptors (Lipinski definition) is 5. The van der Waals surface area contributed by atoms with Gasteiger partial charge in [-0.15, -0.1) is 10.2 Å². The van der Waals surface area contributed by atoms with Gasteiger partial charge >= 0.3 is 0 Å². The Kier molecular flexibility index (Phi) is 6.01. The fourth-order valence-electron chi connectivity index (χ4n) is 3.15. The van der Waals surface area contributed by atoms with Crippen molar-refractivity contribution < 1.29 is 9.59 Å². The van der Waals surface area contributed by atoms with Gasteiger partial charge in [0, 0.05) is 46.2 Å². The summed E-state index contributed by atoms with van der Waals surface area (Å²) in [5.74, 6) is 0.711. The first-order valence-corrected chi connectivity index (χ1v) is 9.26. The summed E-state index contributed by atoms with van der Waals surface area (Å²) >= 11 is 0. The number of hydrogen-bond donors (Lipinski definition) is 0. The molecule has 7 heteroatoms. The molecule has 0 aliphatic carbocycles. The van der Waals surface area contributed by atoms with Crippen molar-refractivity contribution in [2.75, 3.05) is 37.6 Å². The third-order valence-electron chi connectivity index (χ3n) is 4.80. The Labute approximate surface area is 159 Å². The van der Waals surface area contributed by atoms with E-state index in [9.17, 15) is 9.59 Å². The number of carbonyl (C=O) groups excluding carboxylic acids is 2. The normalized spacial score (nSPS) is 14.1. The van der Waals surface area contributed by atoms with E-state index in [2.05, 4.69) is 15.1 Å². The van der Waals surface area contributed by atoms with Crippen LogP contribution in [0, 0.1) is 0 Å². The summed E-state index contributed by atoms with van der Waals surface area (Å²) in [5.41, 5.74) is 1.43. The van der Waals surface area contributed by atoms with Gasteiger partial charge in [0.25, 0.3) is 5.91 Å². The zero-order valence-electron chi connectivity index (χ0n) is 15.8. The molecule has 1 aliphatic heterocycles. The lowest BCUT2D eigenvalue weighted by molar-refractivity contribution is -0.129. The maximum atomic E-state index is 12.8. The highest BCUT2D eigenvalue weighted by Gasteiger charge is 2.21. The van der Waals surface area contributed by atoms with Gasteiger partial charge < -0.3 is 14.7 Å². The van der Waals surface area contributed by atoms with E-state index >= 15 is 0 Å². The predicted molar refractivity (Wildman–Crippen MR) is 103 cm³/mol. The van der Waals surface area contributed by atoms with Crippen LogP contribution in [0.1, 0.15) is 29.9 Å². The van der Waals surface area contributed by atoms with Gasteiger partial charge in [0.15, 0.2) is 11.5 Å². The molecular weight excluding hydrogens is 342 g/mol. The molecule has 0 saturated carbocycles. The highest BCUT2D eigenvalue weighted by atomic mass is 16.2. The highest BCUT2D eigenvalue weighted by Crippen LogP contribution is 2.14. The zero-order chi connectivity index (χ0) is 19.2. The van der Waals surface area contributed by atoms with Crippen molar-refractivity contribution >= 4 is 17.6 Å². The molecule has 1 aliphatic rings. The fraction of sp³-hybridized carbons (Fsp3) is 0.400. The number of anilines is 1. The summed E-state index contributed by atoms with van der Waals surface area (Å²) in [6.07, 6.45) is 0. The van der Waals surface area contributed by atoms with E-state index in [0.29, 0.717) is 31.9 Å². The number of nitrogens with zero attached hydrogens (tertiary/aromatic N) is 5. The summed E-state index contributed by atoms with van der Waals surface area (Å²) in [5, 5.41) is 8.40. The van der Waals surface area contributed by atoms with Crippen LogP contribution in [0.3, 0.4) is 0 Å². The van der Waals surface area contributed by atoms with Crippen LogP contribution < -0.4 is 4.90 Å². The minimum absolute atomic E-state index is 0.0970. The van der Waals surface area contributed by atoms with Crippen molar-refractivity contribution in [2.45, 2.75) is 20.4 Å². The van der Waals surface area contributed by atoms with Gasteiger partial charge in [0.2, 0.25) is 5.91 Å². The molecule has 142 valence electrons. The van der Waals surface area contributed by atoms with Crippen LogP contribution in [-0.4, -0.2) is 64.5 Å². The van der Waals surface area contributed by atoms with Gasteiger partial charge in [0.05, 0.1) is 0 Å². The Balaban J connectivity index is 1.64. The molecule has 0 unspecified atom stereocenters. The van der Waals surface area contributed by atoms with E-state index in [1.54, 1.807) is 17.9 Å². The average Bonchev–Trinajstić information content (AvgIpc) is 2.72. The fourth-order valence-corrected chi connectivity index (χ4v) is 3.15.